The standard InChI is InChI=1S/C18H17N5OS/c24-16(20-14-5-4-10-19-11-14)12-25-18-22-21-17(13-8-9-13)23(18)15-6-2-1-3-7-15/h1-7,10-11,13H,8-9,12H2,(H,20,24). The molecule has 2 aromatic heterocycles. The number of pyridine rings is 1. The van der Waals surface area contributed by atoms with Gasteiger partial charge >= 0.3 is 0 Å². The van der Waals surface area contributed by atoms with Gasteiger partial charge in [0.1, 0.15) is 5.82 Å². The maximum absolute atomic E-state index is 12.2. The van der Waals surface area contributed by atoms with Crippen molar-refractivity contribution in [2.45, 2.75) is 23.9 Å². The van der Waals surface area contributed by atoms with Crippen molar-refractivity contribution in [3.05, 3.63) is 60.7 Å². The quantitative estimate of drug-likeness (QED) is 0.690. The van der Waals surface area contributed by atoms with E-state index in [4.69, 9.17) is 0 Å². The number of hydrogen-bond donors (Lipinski definition) is 1. The van der Waals surface area contributed by atoms with E-state index in [0.717, 1.165) is 29.5 Å². The summed E-state index contributed by atoms with van der Waals surface area (Å²) in [6.45, 7) is 0. The summed E-state index contributed by atoms with van der Waals surface area (Å²) in [7, 11) is 0. The van der Waals surface area contributed by atoms with Gasteiger partial charge in [-0.3, -0.25) is 14.3 Å². The van der Waals surface area contributed by atoms with Crippen molar-refractivity contribution in [1.29, 1.82) is 0 Å². The average molecular weight is 351 g/mol. The molecule has 4 rings (SSSR count). The van der Waals surface area contributed by atoms with Gasteiger partial charge in [-0.2, -0.15) is 0 Å². The number of nitrogens with zero attached hydrogens (tertiary/aromatic N) is 4. The number of amides is 1. The topological polar surface area (TPSA) is 72.7 Å². The Morgan fingerprint density at radius 1 is 1.16 bits per heavy atom. The summed E-state index contributed by atoms with van der Waals surface area (Å²) < 4.78 is 2.07. The third-order valence-corrected chi connectivity index (χ3v) is 4.82. The second-order valence-electron chi connectivity index (χ2n) is 5.86. The first-order valence-electron chi connectivity index (χ1n) is 8.14. The molecule has 7 heteroatoms. The molecule has 0 aliphatic heterocycles. The zero-order valence-corrected chi connectivity index (χ0v) is 14.3. The predicted octanol–water partition coefficient (Wildman–Crippen LogP) is 3.27. The molecule has 1 aromatic carbocycles. The fourth-order valence-corrected chi connectivity index (χ4v) is 3.32. The van der Waals surface area contributed by atoms with Crippen molar-refractivity contribution in [2.24, 2.45) is 0 Å². The van der Waals surface area contributed by atoms with Gasteiger partial charge in [-0.25, -0.2) is 0 Å². The molecule has 1 N–H and O–H groups in total. The minimum Gasteiger partial charge on any atom is -0.324 e. The number of para-hydroxylation sites is 1. The molecular formula is C18H17N5OS. The number of thioether (sulfide) groups is 1. The molecule has 0 saturated heterocycles. The van der Waals surface area contributed by atoms with Gasteiger partial charge in [0.15, 0.2) is 5.16 Å². The summed E-state index contributed by atoms with van der Waals surface area (Å²) >= 11 is 1.39. The predicted molar refractivity (Wildman–Crippen MR) is 96.9 cm³/mol. The molecule has 6 nitrogen and oxygen atoms in total. The molecule has 3 aromatic rings. The van der Waals surface area contributed by atoms with Crippen LogP contribution in [0.15, 0.2) is 60.0 Å². The first kappa shape index (κ1) is 15.8. The van der Waals surface area contributed by atoms with E-state index in [1.807, 2.05) is 36.4 Å². The second kappa shape index (κ2) is 7.06. The number of anilines is 1. The largest absolute Gasteiger partial charge is 0.324 e. The molecule has 25 heavy (non-hydrogen) atoms. The number of benzene rings is 1. The molecule has 126 valence electrons. The lowest BCUT2D eigenvalue weighted by Crippen LogP contribution is -2.14. The van der Waals surface area contributed by atoms with Gasteiger partial charge in [0, 0.05) is 17.8 Å². The minimum absolute atomic E-state index is 0.0893. The SMILES string of the molecule is O=C(CSc1nnc(C2CC2)n1-c1ccccc1)Nc1cccnc1. The van der Waals surface area contributed by atoms with Gasteiger partial charge in [0.2, 0.25) is 5.91 Å². The Labute approximate surface area is 149 Å². The highest BCUT2D eigenvalue weighted by Gasteiger charge is 2.31. The summed E-state index contributed by atoms with van der Waals surface area (Å²) in [4.78, 5) is 16.2. The van der Waals surface area contributed by atoms with Crippen LogP contribution >= 0.6 is 11.8 Å². The Morgan fingerprint density at radius 2 is 2.00 bits per heavy atom. The van der Waals surface area contributed by atoms with Crippen LogP contribution in [-0.2, 0) is 4.79 Å². The summed E-state index contributed by atoms with van der Waals surface area (Å²) in [6.07, 6.45) is 5.60. The summed E-state index contributed by atoms with van der Waals surface area (Å²) in [5.74, 6) is 1.64. The number of rotatable bonds is 6. The first-order chi connectivity index (χ1) is 12.3. The van der Waals surface area contributed by atoms with Crippen LogP contribution in [0.3, 0.4) is 0 Å². The number of carbonyl (C=O) groups is 1. The van der Waals surface area contributed by atoms with Crippen LogP contribution in [0.5, 0.6) is 0 Å². The van der Waals surface area contributed by atoms with Crippen molar-refractivity contribution >= 4 is 23.4 Å². The molecule has 0 atom stereocenters. The smallest absolute Gasteiger partial charge is 0.234 e. The van der Waals surface area contributed by atoms with E-state index >= 15 is 0 Å². The van der Waals surface area contributed by atoms with Crippen molar-refractivity contribution in [2.75, 3.05) is 11.1 Å². The second-order valence-corrected chi connectivity index (χ2v) is 6.81. The lowest BCUT2D eigenvalue weighted by atomic mass is 10.3. The van der Waals surface area contributed by atoms with Gasteiger partial charge < -0.3 is 5.32 Å². The van der Waals surface area contributed by atoms with Gasteiger partial charge in [0.05, 0.1) is 17.6 Å². The minimum atomic E-state index is -0.0893. The monoisotopic (exact) mass is 351 g/mol. The number of carbonyl (C=O) groups excluding carboxylic acids is 1. The molecule has 1 saturated carbocycles. The van der Waals surface area contributed by atoms with Gasteiger partial charge in [-0.1, -0.05) is 30.0 Å². The van der Waals surface area contributed by atoms with E-state index in [2.05, 4.69) is 25.1 Å². The van der Waals surface area contributed by atoms with Crippen LogP contribution < -0.4 is 5.32 Å². The Bertz CT molecular complexity index is 862. The lowest BCUT2D eigenvalue weighted by Gasteiger charge is -2.09. The van der Waals surface area contributed by atoms with Crippen molar-refractivity contribution in [3.8, 4) is 5.69 Å². The van der Waals surface area contributed by atoms with Crippen LogP contribution in [0.2, 0.25) is 0 Å². The van der Waals surface area contributed by atoms with E-state index in [-0.39, 0.29) is 11.7 Å². The van der Waals surface area contributed by atoms with E-state index in [1.54, 1.807) is 18.5 Å². The first-order valence-corrected chi connectivity index (χ1v) is 9.13. The van der Waals surface area contributed by atoms with E-state index in [1.165, 1.54) is 11.8 Å². The molecule has 1 aliphatic carbocycles. The molecule has 1 aliphatic rings. The fourth-order valence-electron chi connectivity index (χ4n) is 2.56. The molecule has 0 bridgehead atoms. The molecule has 0 radical (unpaired) electrons. The maximum Gasteiger partial charge on any atom is 0.234 e. The highest BCUT2D eigenvalue weighted by Crippen LogP contribution is 2.41. The molecular weight excluding hydrogens is 334 g/mol. The molecule has 2 heterocycles. The summed E-state index contributed by atoms with van der Waals surface area (Å²) in [6, 6.07) is 13.7. The molecule has 0 spiro atoms. The Hall–Kier alpha value is -2.67. The Morgan fingerprint density at radius 3 is 2.72 bits per heavy atom. The molecule has 1 amide bonds. The Kier molecular flexibility index (Phi) is 4.47. The van der Waals surface area contributed by atoms with Gasteiger partial charge in [-0.15, -0.1) is 10.2 Å². The normalized spacial score (nSPS) is 13.6. The van der Waals surface area contributed by atoms with Crippen LogP contribution in [0, 0.1) is 0 Å². The average Bonchev–Trinajstić information content (AvgIpc) is 3.41. The number of nitrogens with one attached hydrogen (secondary N) is 1. The van der Waals surface area contributed by atoms with Gasteiger partial charge in [0.25, 0.3) is 0 Å². The summed E-state index contributed by atoms with van der Waals surface area (Å²) in [5.41, 5.74) is 1.72. The van der Waals surface area contributed by atoms with Crippen LogP contribution in [0.25, 0.3) is 5.69 Å². The zero-order chi connectivity index (χ0) is 17.1. The Balaban J connectivity index is 1.50. The van der Waals surface area contributed by atoms with E-state index in [0.29, 0.717) is 11.6 Å². The van der Waals surface area contributed by atoms with Crippen LogP contribution in [0.4, 0.5) is 5.69 Å². The summed E-state index contributed by atoms with van der Waals surface area (Å²) in [5, 5.41) is 12.3. The van der Waals surface area contributed by atoms with E-state index in [9.17, 15) is 4.79 Å². The highest BCUT2D eigenvalue weighted by molar-refractivity contribution is 7.99. The lowest BCUT2D eigenvalue weighted by molar-refractivity contribution is -0.113. The van der Waals surface area contributed by atoms with Crippen LogP contribution in [-0.4, -0.2) is 31.4 Å². The van der Waals surface area contributed by atoms with Crippen molar-refractivity contribution in [3.63, 3.8) is 0 Å². The highest BCUT2D eigenvalue weighted by atomic mass is 32.2. The molecule has 1 fully saturated rings. The number of aromatic nitrogens is 4. The van der Waals surface area contributed by atoms with Crippen molar-refractivity contribution in [1.82, 2.24) is 19.7 Å². The van der Waals surface area contributed by atoms with Gasteiger partial charge in [-0.05, 0) is 37.1 Å². The third-order valence-electron chi connectivity index (χ3n) is 3.89. The van der Waals surface area contributed by atoms with E-state index < -0.39 is 0 Å². The maximum atomic E-state index is 12.2. The zero-order valence-electron chi connectivity index (χ0n) is 13.5. The fraction of sp³-hybridized carbons (Fsp3) is 0.222. The third kappa shape index (κ3) is 3.71. The van der Waals surface area contributed by atoms with Crippen molar-refractivity contribution < 1.29 is 4.79 Å². The van der Waals surface area contributed by atoms with Crippen LogP contribution in [0.1, 0.15) is 24.6 Å². The molecule has 0 unspecified atom stereocenters. The number of hydrogen-bond acceptors (Lipinski definition) is 5.